The normalized spacial score (nSPS) is 11.3. The third-order valence-electron chi connectivity index (χ3n) is 4.62. The lowest BCUT2D eigenvalue weighted by atomic mass is 10.1. The molecule has 0 atom stereocenters. The molecule has 0 aliphatic carbocycles. The summed E-state index contributed by atoms with van der Waals surface area (Å²) < 4.78 is 11.3. The van der Waals surface area contributed by atoms with Gasteiger partial charge < -0.3 is 13.7 Å². The lowest BCUT2D eigenvalue weighted by molar-refractivity contribution is 0.553. The first-order valence-electron chi connectivity index (χ1n) is 8.79. The van der Waals surface area contributed by atoms with E-state index in [0.717, 1.165) is 35.2 Å². The zero-order valence-electron chi connectivity index (χ0n) is 15.1. The van der Waals surface area contributed by atoms with Gasteiger partial charge in [0.05, 0.1) is 0 Å². The van der Waals surface area contributed by atoms with E-state index in [9.17, 15) is 4.79 Å². The molecule has 0 saturated carbocycles. The van der Waals surface area contributed by atoms with Gasteiger partial charge in [-0.05, 0) is 56.7 Å². The van der Waals surface area contributed by atoms with Gasteiger partial charge in [0.15, 0.2) is 5.58 Å². The zero-order valence-corrected chi connectivity index (χ0v) is 15.1. The number of aromatic nitrogens is 1. The van der Waals surface area contributed by atoms with E-state index in [1.54, 1.807) is 6.07 Å². The van der Waals surface area contributed by atoms with Crippen LogP contribution >= 0.6 is 0 Å². The Morgan fingerprint density at radius 1 is 0.962 bits per heavy atom. The maximum atomic E-state index is 12.5. The molecule has 0 radical (unpaired) electrons. The fourth-order valence-electron chi connectivity index (χ4n) is 3.18. The zero-order chi connectivity index (χ0) is 18.3. The standard InChI is InChI=1S/C21H20N2O3/c1-4-23(5-2)15-8-7-14-11-16(21(24)26-18(14)12-15)20-22-17-9-6-13(3)10-19(17)25-20/h6-12H,4-5H2,1-3H3. The smallest absolute Gasteiger partial charge is 0.349 e. The van der Waals surface area contributed by atoms with E-state index in [2.05, 4.69) is 23.7 Å². The molecule has 0 bridgehead atoms. The summed E-state index contributed by atoms with van der Waals surface area (Å²) in [6.45, 7) is 7.97. The van der Waals surface area contributed by atoms with Gasteiger partial charge in [-0.3, -0.25) is 0 Å². The third-order valence-corrected chi connectivity index (χ3v) is 4.62. The Kier molecular flexibility index (Phi) is 3.99. The van der Waals surface area contributed by atoms with Crippen LogP contribution in [0.5, 0.6) is 0 Å². The van der Waals surface area contributed by atoms with Crippen molar-refractivity contribution in [2.45, 2.75) is 20.8 Å². The van der Waals surface area contributed by atoms with Crippen molar-refractivity contribution in [3.63, 3.8) is 0 Å². The molecule has 0 aliphatic heterocycles. The summed E-state index contributed by atoms with van der Waals surface area (Å²) in [7, 11) is 0. The molecule has 0 amide bonds. The van der Waals surface area contributed by atoms with Gasteiger partial charge in [0, 0.05) is 30.2 Å². The quantitative estimate of drug-likeness (QED) is 0.498. The van der Waals surface area contributed by atoms with Gasteiger partial charge in [-0.25, -0.2) is 9.78 Å². The van der Waals surface area contributed by atoms with E-state index >= 15 is 0 Å². The third kappa shape index (κ3) is 2.75. The van der Waals surface area contributed by atoms with Crippen LogP contribution in [-0.2, 0) is 0 Å². The van der Waals surface area contributed by atoms with Crippen molar-refractivity contribution in [1.29, 1.82) is 0 Å². The Hall–Kier alpha value is -3.08. The number of benzene rings is 2. The number of hydrogen-bond acceptors (Lipinski definition) is 5. The number of aryl methyl sites for hydroxylation is 1. The second-order valence-corrected chi connectivity index (χ2v) is 6.33. The Morgan fingerprint density at radius 2 is 1.77 bits per heavy atom. The Balaban J connectivity index is 1.84. The first-order chi connectivity index (χ1) is 12.6. The molecular formula is C21H20N2O3. The van der Waals surface area contributed by atoms with Crippen molar-refractivity contribution in [3.8, 4) is 11.5 Å². The summed E-state index contributed by atoms with van der Waals surface area (Å²) in [6, 6.07) is 13.4. The summed E-state index contributed by atoms with van der Waals surface area (Å²) in [5.41, 5.74) is 3.96. The van der Waals surface area contributed by atoms with Crippen LogP contribution in [0.25, 0.3) is 33.5 Å². The van der Waals surface area contributed by atoms with E-state index in [-0.39, 0.29) is 5.89 Å². The van der Waals surface area contributed by atoms with Gasteiger partial charge in [0.1, 0.15) is 16.7 Å². The molecule has 0 aliphatic rings. The molecule has 26 heavy (non-hydrogen) atoms. The number of anilines is 1. The van der Waals surface area contributed by atoms with Gasteiger partial charge in [0.2, 0.25) is 5.89 Å². The van der Waals surface area contributed by atoms with Gasteiger partial charge in [-0.2, -0.15) is 0 Å². The molecule has 4 rings (SSSR count). The highest BCUT2D eigenvalue weighted by atomic mass is 16.4. The average molecular weight is 348 g/mol. The van der Waals surface area contributed by atoms with Crippen LogP contribution in [-0.4, -0.2) is 18.1 Å². The van der Waals surface area contributed by atoms with Gasteiger partial charge in [-0.1, -0.05) is 6.07 Å². The topological polar surface area (TPSA) is 59.5 Å². The molecule has 0 saturated heterocycles. The molecular weight excluding hydrogens is 328 g/mol. The van der Waals surface area contributed by atoms with E-state index in [1.165, 1.54) is 0 Å². The summed E-state index contributed by atoms with van der Waals surface area (Å²) in [5, 5.41) is 0.842. The largest absolute Gasteiger partial charge is 0.436 e. The van der Waals surface area contributed by atoms with Crippen LogP contribution in [0.2, 0.25) is 0 Å². The predicted molar refractivity (Wildman–Crippen MR) is 104 cm³/mol. The SMILES string of the molecule is CCN(CC)c1ccc2cc(-c3nc4ccc(C)cc4o3)c(=O)oc2c1. The molecule has 0 spiro atoms. The average Bonchev–Trinajstić information content (AvgIpc) is 3.05. The molecule has 0 fully saturated rings. The van der Waals surface area contributed by atoms with Crippen molar-refractivity contribution < 1.29 is 8.83 Å². The summed E-state index contributed by atoms with van der Waals surface area (Å²) >= 11 is 0. The van der Waals surface area contributed by atoms with Gasteiger partial charge in [0.25, 0.3) is 0 Å². The van der Waals surface area contributed by atoms with E-state index < -0.39 is 5.63 Å². The molecule has 132 valence electrons. The van der Waals surface area contributed by atoms with Crippen LogP contribution in [0.4, 0.5) is 5.69 Å². The van der Waals surface area contributed by atoms with E-state index in [1.807, 2.05) is 43.3 Å². The van der Waals surface area contributed by atoms with Crippen LogP contribution < -0.4 is 10.5 Å². The van der Waals surface area contributed by atoms with Crippen LogP contribution in [0.15, 0.2) is 56.1 Å². The predicted octanol–water partition coefficient (Wildman–Crippen LogP) is 4.76. The molecule has 0 N–H and O–H groups in total. The maximum Gasteiger partial charge on any atom is 0.349 e. The molecule has 2 heterocycles. The molecule has 4 aromatic rings. The highest BCUT2D eigenvalue weighted by molar-refractivity contribution is 5.84. The van der Waals surface area contributed by atoms with Crippen LogP contribution in [0, 0.1) is 6.92 Å². The van der Waals surface area contributed by atoms with Crippen LogP contribution in [0.1, 0.15) is 19.4 Å². The Morgan fingerprint density at radius 3 is 2.54 bits per heavy atom. The minimum absolute atomic E-state index is 0.286. The van der Waals surface area contributed by atoms with Crippen molar-refractivity contribution in [1.82, 2.24) is 4.98 Å². The lowest BCUT2D eigenvalue weighted by Gasteiger charge is -2.20. The minimum atomic E-state index is -0.447. The highest BCUT2D eigenvalue weighted by Crippen LogP contribution is 2.27. The summed E-state index contributed by atoms with van der Waals surface area (Å²) in [4.78, 5) is 19.2. The molecule has 2 aromatic carbocycles. The maximum absolute atomic E-state index is 12.5. The Bertz CT molecular complexity index is 1150. The number of oxazole rings is 1. The molecule has 0 unspecified atom stereocenters. The second kappa shape index (κ2) is 6.33. The van der Waals surface area contributed by atoms with Crippen LogP contribution in [0.3, 0.4) is 0 Å². The van der Waals surface area contributed by atoms with Gasteiger partial charge in [-0.15, -0.1) is 0 Å². The highest BCUT2D eigenvalue weighted by Gasteiger charge is 2.15. The number of fused-ring (bicyclic) bond motifs is 2. The van der Waals surface area contributed by atoms with Crippen molar-refractivity contribution in [2.24, 2.45) is 0 Å². The second-order valence-electron chi connectivity index (χ2n) is 6.33. The Labute approximate surface area is 150 Å². The lowest BCUT2D eigenvalue weighted by Crippen LogP contribution is -2.21. The van der Waals surface area contributed by atoms with E-state index in [4.69, 9.17) is 8.83 Å². The van der Waals surface area contributed by atoms with Crippen molar-refractivity contribution >= 4 is 27.8 Å². The number of rotatable bonds is 4. The summed E-state index contributed by atoms with van der Waals surface area (Å²) in [6.07, 6.45) is 0. The monoisotopic (exact) mass is 348 g/mol. The van der Waals surface area contributed by atoms with Gasteiger partial charge >= 0.3 is 5.63 Å². The number of nitrogens with zero attached hydrogens (tertiary/aromatic N) is 2. The molecule has 2 aromatic heterocycles. The van der Waals surface area contributed by atoms with Crippen molar-refractivity contribution in [2.75, 3.05) is 18.0 Å². The first-order valence-corrected chi connectivity index (χ1v) is 8.79. The first kappa shape index (κ1) is 16.4. The fourth-order valence-corrected chi connectivity index (χ4v) is 3.18. The van der Waals surface area contributed by atoms with Crippen molar-refractivity contribution in [3.05, 3.63) is 58.4 Å². The van der Waals surface area contributed by atoms with E-state index in [0.29, 0.717) is 16.7 Å². The number of hydrogen-bond donors (Lipinski definition) is 0. The minimum Gasteiger partial charge on any atom is -0.436 e. The molecule has 5 heteroatoms. The fraction of sp³-hybridized carbons (Fsp3) is 0.238. The molecule has 5 nitrogen and oxygen atoms in total. The summed E-state index contributed by atoms with van der Waals surface area (Å²) in [5.74, 6) is 0.286.